The van der Waals surface area contributed by atoms with E-state index in [4.69, 9.17) is 4.74 Å². The first-order valence-electron chi connectivity index (χ1n) is 9.06. The van der Waals surface area contributed by atoms with Gasteiger partial charge in [0.15, 0.2) is 0 Å². The van der Waals surface area contributed by atoms with Gasteiger partial charge in [0.25, 0.3) is 0 Å². The molecule has 3 N–H and O–H groups in total. The van der Waals surface area contributed by atoms with E-state index in [9.17, 15) is 9.59 Å². The van der Waals surface area contributed by atoms with Crippen molar-refractivity contribution in [3.8, 4) is 5.75 Å². The van der Waals surface area contributed by atoms with Crippen LogP contribution in [0.25, 0.3) is 0 Å². The molecule has 1 aliphatic heterocycles. The van der Waals surface area contributed by atoms with Gasteiger partial charge in [-0.25, -0.2) is 4.79 Å². The van der Waals surface area contributed by atoms with Crippen LogP contribution in [-0.2, 0) is 4.79 Å². The zero-order valence-corrected chi connectivity index (χ0v) is 17.6. The normalized spacial score (nSPS) is 18.4. The second-order valence-corrected chi connectivity index (χ2v) is 7.64. The van der Waals surface area contributed by atoms with Crippen LogP contribution in [0.2, 0.25) is 0 Å². The molecule has 1 fully saturated rings. The van der Waals surface area contributed by atoms with Gasteiger partial charge in [-0.05, 0) is 42.8 Å². The lowest BCUT2D eigenvalue weighted by atomic mass is 9.87. The molecule has 1 saturated heterocycles. The van der Waals surface area contributed by atoms with Gasteiger partial charge < -0.3 is 20.7 Å². The van der Waals surface area contributed by atoms with Crippen molar-refractivity contribution in [2.45, 2.75) is 13.0 Å². The van der Waals surface area contributed by atoms with Gasteiger partial charge in [-0.1, -0.05) is 47.3 Å². The molecule has 0 aromatic heterocycles. The Kier molecular flexibility index (Phi) is 6.39. The van der Waals surface area contributed by atoms with E-state index < -0.39 is 18.0 Å². The second kappa shape index (κ2) is 8.96. The maximum Gasteiger partial charge on any atom is 0.319 e. The van der Waals surface area contributed by atoms with Gasteiger partial charge in [0.05, 0.1) is 6.04 Å². The highest BCUT2D eigenvalue weighted by atomic mass is 79.9. The summed E-state index contributed by atoms with van der Waals surface area (Å²) in [6.07, 6.45) is 1.63. The molecular weight excluding hydrogens is 434 g/mol. The Morgan fingerprint density at radius 2 is 2.10 bits per heavy atom. The first-order valence-corrected chi connectivity index (χ1v) is 9.85. The third kappa shape index (κ3) is 4.86. The molecule has 2 aromatic carbocycles. The SMILES string of the molecule is C=CCOc1ccc(Br)cc1[C@H]1NC(=O)NC(=C)[C@@H]1C(=O)Nc1cccc(C)c1. The van der Waals surface area contributed by atoms with Crippen molar-refractivity contribution in [1.29, 1.82) is 0 Å². The van der Waals surface area contributed by atoms with E-state index in [1.165, 1.54) is 0 Å². The standard InChI is InChI=1S/C22H22BrN3O3/c1-4-10-29-18-9-8-15(23)12-17(18)20-19(14(3)24-22(28)26-20)21(27)25-16-7-5-6-13(2)11-16/h4-9,11-12,19-20H,1,3,10H2,2H3,(H,25,27)(H2,24,26,28)/t19-,20+/m0/s1. The van der Waals surface area contributed by atoms with Gasteiger partial charge in [0, 0.05) is 21.4 Å². The highest BCUT2D eigenvalue weighted by Gasteiger charge is 2.39. The van der Waals surface area contributed by atoms with E-state index in [-0.39, 0.29) is 5.91 Å². The quantitative estimate of drug-likeness (QED) is 0.563. The molecule has 7 heteroatoms. The number of carbonyl (C=O) groups is 2. The molecule has 2 atom stereocenters. The number of amides is 3. The van der Waals surface area contributed by atoms with Crippen molar-refractivity contribution in [2.75, 3.05) is 11.9 Å². The first-order chi connectivity index (χ1) is 13.9. The van der Waals surface area contributed by atoms with E-state index in [0.717, 1.165) is 10.0 Å². The number of nitrogens with one attached hydrogen (secondary N) is 3. The Bertz CT molecular complexity index is 974. The Morgan fingerprint density at radius 1 is 1.31 bits per heavy atom. The van der Waals surface area contributed by atoms with Crippen LogP contribution in [0.15, 0.2) is 71.9 Å². The maximum atomic E-state index is 13.2. The highest BCUT2D eigenvalue weighted by Crippen LogP contribution is 2.37. The van der Waals surface area contributed by atoms with Crippen molar-refractivity contribution >= 4 is 33.6 Å². The number of benzene rings is 2. The number of urea groups is 1. The number of carbonyl (C=O) groups excluding carboxylic acids is 2. The minimum absolute atomic E-state index is 0.284. The fourth-order valence-corrected chi connectivity index (χ4v) is 3.62. The average Bonchev–Trinajstić information content (AvgIpc) is 2.66. The molecule has 0 aliphatic carbocycles. The van der Waals surface area contributed by atoms with Crippen molar-refractivity contribution < 1.29 is 14.3 Å². The van der Waals surface area contributed by atoms with Crippen LogP contribution in [0.3, 0.4) is 0 Å². The van der Waals surface area contributed by atoms with Gasteiger partial charge in [-0.2, -0.15) is 0 Å². The van der Waals surface area contributed by atoms with Gasteiger partial charge in [0.2, 0.25) is 5.91 Å². The predicted octanol–water partition coefficient (Wildman–Crippen LogP) is 4.44. The van der Waals surface area contributed by atoms with Crippen molar-refractivity contribution in [3.63, 3.8) is 0 Å². The lowest BCUT2D eigenvalue weighted by Crippen LogP contribution is -2.51. The van der Waals surface area contributed by atoms with Gasteiger partial charge in [0.1, 0.15) is 18.3 Å². The van der Waals surface area contributed by atoms with Gasteiger partial charge >= 0.3 is 6.03 Å². The van der Waals surface area contributed by atoms with Crippen LogP contribution in [0.4, 0.5) is 10.5 Å². The van der Waals surface area contributed by atoms with Crippen LogP contribution in [0.5, 0.6) is 5.75 Å². The highest BCUT2D eigenvalue weighted by molar-refractivity contribution is 9.10. The number of hydrogen-bond donors (Lipinski definition) is 3. The van der Waals surface area contributed by atoms with Crippen molar-refractivity contribution in [1.82, 2.24) is 10.6 Å². The summed E-state index contributed by atoms with van der Waals surface area (Å²) in [6.45, 7) is 9.83. The summed E-state index contributed by atoms with van der Waals surface area (Å²) < 4.78 is 6.56. The summed E-state index contributed by atoms with van der Waals surface area (Å²) in [5, 5.41) is 8.36. The van der Waals surface area contributed by atoms with Crippen LogP contribution in [-0.4, -0.2) is 18.5 Å². The maximum absolute atomic E-state index is 13.2. The summed E-state index contributed by atoms with van der Waals surface area (Å²) in [6, 6.07) is 11.9. The van der Waals surface area contributed by atoms with E-state index >= 15 is 0 Å². The number of hydrogen-bond acceptors (Lipinski definition) is 3. The number of halogens is 1. The fraction of sp³-hybridized carbons (Fsp3) is 0.182. The average molecular weight is 456 g/mol. The Labute approximate surface area is 178 Å². The fourth-order valence-electron chi connectivity index (χ4n) is 3.24. The lowest BCUT2D eigenvalue weighted by molar-refractivity contribution is -0.119. The molecule has 2 aromatic rings. The largest absolute Gasteiger partial charge is 0.489 e. The zero-order valence-electron chi connectivity index (χ0n) is 16.0. The molecule has 29 heavy (non-hydrogen) atoms. The van der Waals surface area contributed by atoms with E-state index in [1.807, 2.05) is 43.3 Å². The minimum Gasteiger partial charge on any atom is -0.489 e. The molecule has 6 nitrogen and oxygen atoms in total. The third-order valence-corrected chi connectivity index (χ3v) is 4.99. The lowest BCUT2D eigenvalue weighted by Gasteiger charge is -2.34. The Balaban J connectivity index is 1.97. The Morgan fingerprint density at radius 3 is 2.83 bits per heavy atom. The zero-order chi connectivity index (χ0) is 21.0. The van der Waals surface area contributed by atoms with Gasteiger partial charge in [-0.15, -0.1) is 0 Å². The monoisotopic (exact) mass is 455 g/mol. The number of ether oxygens (including phenoxy) is 1. The van der Waals surface area contributed by atoms with Crippen LogP contribution >= 0.6 is 15.9 Å². The van der Waals surface area contributed by atoms with E-state index in [1.54, 1.807) is 12.1 Å². The molecule has 0 saturated carbocycles. The Hall–Kier alpha value is -3.06. The molecule has 1 heterocycles. The number of anilines is 1. The topological polar surface area (TPSA) is 79.5 Å². The van der Waals surface area contributed by atoms with E-state index in [0.29, 0.717) is 29.3 Å². The smallest absolute Gasteiger partial charge is 0.319 e. The molecule has 3 rings (SSSR count). The minimum atomic E-state index is -0.742. The number of aryl methyl sites for hydroxylation is 1. The third-order valence-electron chi connectivity index (χ3n) is 4.50. The molecule has 0 unspecified atom stereocenters. The molecular formula is C22H22BrN3O3. The number of rotatable bonds is 6. The van der Waals surface area contributed by atoms with E-state index in [2.05, 4.69) is 45.0 Å². The molecule has 0 bridgehead atoms. The molecule has 3 amide bonds. The second-order valence-electron chi connectivity index (χ2n) is 6.72. The first kappa shape index (κ1) is 20.7. The van der Waals surface area contributed by atoms with Crippen LogP contribution < -0.4 is 20.7 Å². The molecule has 0 spiro atoms. The summed E-state index contributed by atoms with van der Waals surface area (Å²) in [5.41, 5.74) is 2.69. The summed E-state index contributed by atoms with van der Waals surface area (Å²) in [5.74, 6) is -0.470. The van der Waals surface area contributed by atoms with Crippen LogP contribution in [0.1, 0.15) is 17.2 Å². The predicted molar refractivity (Wildman–Crippen MR) is 117 cm³/mol. The molecule has 150 valence electrons. The van der Waals surface area contributed by atoms with Crippen molar-refractivity contribution in [2.24, 2.45) is 5.92 Å². The van der Waals surface area contributed by atoms with Gasteiger partial charge in [-0.3, -0.25) is 4.79 Å². The van der Waals surface area contributed by atoms with Crippen molar-refractivity contribution in [3.05, 3.63) is 83.0 Å². The summed E-state index contributed by atoms with van der Waals surface area (Å²) in [4.78, 5) is 25.3. The molecule has 0 radical (unpaired) electrons. The molecule has 1 aliphatic rings. The summed E-state index contributed by atoms with van der Waals surface area (Å²) in [7, 11) is 0. The van der Waals surface area contributed by atoms with Crippen LogP contribution in [0, 0.1) is 12.8 Å². The summed E-state index contributed by atoms with van der Waals surface area (Å²) >= 11 is 3.45.